The molecule has 0 amide bonds. The summed E-state index contributed by atoms with van der Waals surface area (Å²) in [5.74, 6) is -0.267. The molecule has 8 heteroatoms. The largest absolute Gasteiger partial charge is 0.399 e. The van der Waals surface area contributed by atoms with E-state index in [1.165, 1.54) is 12.1 Å². The molecule has 6 nitrogen and oxygen atoms in total. The third-order valence-corrected chi connectivity index (χ3v) is 7.57. The predicted molar refractivity (Wildman–Crippen MR) is 147 cm³/mol. The molecule has 0 radical (unpaired) electrons. The smallest absolute Gasteiger partial charge is 0.387 e. The first kappa shape index (κ1) is 22.7. The van der Waals surface area contributed by atoms with Crippen molar-refractivity contribution < 1.29 is 17.3 Å². The first-order valence-electron chi connectivity index (χ1n) is 12.2. The van der Waals surface area contributed by atoms with Crippen LogP contribution in [-0.2, 0) is 13.2 Å². The van der Waals surface area contributed by atoms with Gasteiger partial charge < -0.3 is 8.39 Å². The van der Waals surface area contributed by atoms with Crippen LogP contribution in [0.2, 0.25) is 0 Å². The Bertz CT molecular complexity index is 1880. The van der Waals surface area contributed by atoms with E-state index in [1.54, 1.807) is 23.0 Å². The zero-order valence-electron chi connectivity index (χ0n) is 20.1. The molecule has 0 N–H and O–H groups in total. The van der Waals surface area contributed by atoms with Crippen molar-refractivity contribution >= 4 is 51.7 Å². The van der Waals surface area contributed by atoms with E-state index in [4.69, 9.17) is 12.9 Å². The van der Waals surface area contributed by atoms with Crippen LogP contribution in [0.15, 0.2) is 112 Å². The Morgan fingerprint density at radius 3 is 1.97 bits per heavy atom. The van der Waals surface area contributed by atoms with E-state index in [9.17, 15) is 4.39 Å². The van der Waals surface area contributed by atoms with Crippen LogP contribution >= 0.6 is 8.24 Å². The molecule has 0 saturated heterocycles. The minimum Gasteiger partial charge on any atom is -0.399 e. The first-order chi connectivity index (χ1) is 18.7. The topological polar surface area (TPSA) is 66.2 Å². The van der Waals surface area contributed by atoms with Gasteiger partial charge in [-0.1, -0.05) is 78.0 Å². The lowest BCUT2D eigenvalue weighted by molar-refractivity contribution is 0.359. The molecular weight excluding hydrogens is 500 g/mol. The van der Waals surface area contributed by atoms with Crippen molar-refractivity contribution in [1.82, 2.24) is 15.0 Å². The minimum atomic E-state index is -1.77. The van der Waals surface area contributed by atoms with Gasteiger partial charge in [0.25, 0.3) is 0 Å². The average Bonchev–Trinajstić information content (AvgIpc) is 3.32. The van der Waals surface area contributed by atoms with Gasteiger partial charge in [0.1, 0.15) is 29.3 Å². The Morgan fingerprint density at radius 1 is 0.737 bits per heavy atom. The lowest BCUT2D eigenvalue weighted by atomic mass is 9.99. The fraction of sp³-hybridized carbons (Fsp3) is 0.0667. The van der Waals surface area contributed by atoms with Gasteiger partial charge in [-0.05, 0) is 51.4 Å². The molecule has 0 aliphatic heterocycles. The van der Waals surface area contributed by atoms with Crippen molar-refractivity contribution in [1.29, 1.82) is 0 Å². The van der Waals surface area contributed by atoms with E-state index in [-0.39, 0.29) is 12.4 Å². The number of fused-ring (bicyclic) bond motifs is 7. The molecule has 0 unspecified atom stereocenters. The molecular formula is C30H21FN3O3P. The van der Waals surface area contributed by atoms with Crippen LogP contribution in [0.25, 0.3) is 43.5 Å². The Hall–Kier alpha value is -4.45. The van der Waals surface area contributed by atoms with Crippen molar-refractivity contribution in [2.24, 2.45) is 0 Å². The van der Waals surface area contributed by atoms with Crippen molar-refractivity contribution in [3.8, 4) is 0 Å². The third-order valence-electron chi connectivity index (χ3n) is 6.54. The summed E-state index contributed by atoms with van der Waals surface area (Å²) in [6.07, 6.45) is 1.80. The summed E-state index contributed by atoms with van der Waals surface area (Å²) >= 11 is 0. The fourth-order valence-electron chi connectivity index (χ4n) is 4.78. The summed E-state index contributed by atoms with van der Waals surface area (Å²) < 4.78 is 33.7. The second-order valence-electron chi connectivity index (χ2n) is 9.03. The maximum absolute atomic E-state index is 13.2. The third kappa shape index (κ3) is 4.22. The molecule has 0 aliphatic carbocycles. The fourth-order valence-corrected chi connectivity index (χ4v) is 5.79. The Kier molecular flexibility index (Phi) is 5.65. The van der Waals surface area contributed by atoms with Crippen LogP contribution in [0.1, 0.15) is 11.3 Å². The number of hydrogen-bond donors (Lipinski definition) is 0. The van der Waals surface area contributed by atoms with Crippen molar-refractivity contribution in [3.63, 3.8) is 0 Å². The van der Waals surface area contributed by atoms with Crippen LogP contribution in [-0.4, -0.2) is 15.0 Å². The second kappa shape index (κ2) is 9.45. The molecule has 0 bridgehead atoms. The van der Waals surface area contributed by atoms with Gasteiger partial charge >= 0.3 is 8.24 Å². The lowest BCUT2D eigenvalue weighted by Gasteiger charge is -2.05. The van der Waals surface area contributed by atoms with Gasteiger partial charge in [-0.15, -0.1) is 5.10 Å². The lowest BCUT2D eigenvalue weighted by Crippen LogP contribution is -2.00. The normalized spacial score (nSPS) is 11.6. The van der Waals surface area contributed by atoms with Gasteiger partial charge in [0.2, 0.25) is 0 Å². The van der Waals surface area contributed by atoms with Crippen molar-refractivity contribution in [3.05, 3.63) is 120 Å². The van der Waals surface area contributed by atoms with Gasteiger partial charge in [0.05, 0.1) is 12.7 Å². The standard InChI is InChI=1S/C30H21FN3O3P/c31-23-13-9-20(10-14-23)17-34-18-24(32-33-34)19-35-38-36-27-15-11-21-5-1-3-7-25(21)29(27)30-26-8-4-2-6-22(26)12-16-28(30)37-38/h1-16,18H,17,19H2. The van der Waals surface area contributed by atoms with Crippen LogP contribution in [0.5, 0.6) is 0 Å². The number of aromatic nitrogens is 3. The SMILES string of the molecule is Fc1ccc(Cn2cc(COp3oc4ccc5ccccc5c4c4c(ccc5ccccc54)o3)nn2)cc1. The van der Waals surface area contributed by atoms with E-state index in [0.717, 1.165) is 37.9 Å². The zero-order chi connectivity index (χ0) is 25.5. The van der Waals surface area contributed by atoms with E-state index in [1.807, 2.05) is 36.4 Å². The summed E-state index contributed by atoms with van der Waals surface area (Å²) in [5.41, 5.74) is 2.99. The van der Waals surface area contributed by atoms with Crippen molar-refractivity contribution in [2.75, 3.05) is 0 Å². The van der Waals surface area contributed by atoms with Crippen LogP contribution in [0.4, 0.5) is 4.39 Å². The second-order valence-corrected chi connectivity index (χ2v) is 10.1. The van der Waals surface area contributed by atoms with Crippen LogP contribution < -0.4 is 4.52 Å². The quantitative estimate of drug-likeness (QED) is 0.230. The van der Waals surface area contributed by atoms with Gasteiger partial charge in [-0.25, -0.2) is 9.07 Å². The first-order valence-corrected chi connectivity index (χ1v) is 13.3. The van der Waals surface area contributed by atoms with E-state index in [2.05, 4.69) is 46.7 Å². The van der Waals surface area contributed by atoms with Gasteiger partial charge in [-0.3, -0.25) is 4.52 Å². The summed E-state index contributed by atoms with van der Waals surface area (Å²) in [5, 5.41) is 14.8. The molecule has 0 spiro atoms. The average molecular weight is 521 g/mol. The maximum atomic E-state index is 13.2. The maximum Gasteiger partial charge on any atom is 0.387 e. The summed E-state index contributed by atoms with van der Waals surface area (Å²) in [6, 6.07) is 30.9. The van der Waals surface area contributed by atoms with Crippen molar-refractivity contribution in [2.45, 2.75) is 13.2 Å². The Balaban J connectivity index is 1.30. The van der Waals surface area contributed by atoms with Crippen LogP contribution in [0.3, 0.4) is 0 Å². The highest BCUT2D eigenvalue weighted by Crippen LogP contribution is 2.40. The van der Waals surface area contributed by atoms with Gasteiger partial charge in [-0.2, -0.15) is 0 Å². The number of hydrogen-bond acceptors (Lipinski definition) is 5. The molecule has 0 atom stereocenters. The number of rotatable bonds is 5. The van der Waals surface area contributed by atoms with Gasteiger partial charge in [0.15, 0.2) is 0 Å². The highest BCUT2D eigenvalue weighted by atomic mass is 31.1. The number of nitrogens with zero attached hydrogens (tertiary/aromatic N) is 3. The molecule has 2 aromatic heterocycles. The highest BCUT2D eigenvalue weighted by molar-refractivity contribution is 7.31. The summed E-state index contributed by atoms with van der Waals surface area (Å²) in [6.45, 7) is 0.650. The Labute approximate surface area is 217 Å². The predicted octanol–water partition coefficient (Wildman–Crippen LogP) is 8.00. The molecule has 7 rings (SSSR count). The molecule has 0 aliphatic rings. The molecule has 7 aromatic rings. The zero-order valence-corrected chi connectivity index (χ0v) is 21.0. The molecule has 38 heavy (non-hydrogen) atoms. The van der Waals surface area contributed by atoms with Crippen LogP contribution in [0, 0.1) is 5.82 Å². The highest BCUT2D eigenvalue weighted by Gasteiger charge is 2.14. The van der Waals surface area contributed by atoms with Gasteiger partial charge in [0, 0.05) is 10.8 Å². The monoisotopic (exact) mass is 521 g/mol. The molecule has 5 aromatic carbocycles. The Morgan fingerprint density at radius 2 is 1.34 bits per heavy atom. The summed E-state index contributed by atoms with van der Waals surface area (Å²) in [7, 11) is -1.77. The number of halogens is 1. The molecule has 0 saturated carbocycles. The minimum absolute atomic E-state index is 0.168. The molecule has 0 fully saturated rings. The molecule has 2 heterocycles. The van der Waals surface area contributed by atoms with E-state index < -0.39 is 8.24 Å². The van der Waals surface area contributed by atoms with E-state index in [0.29, 0.717) is 23.4 Å². The summed E-state index contributed by atoms with van der Waals surface area (Å²) in [4.78, 5) is 0. The molecule has 186 valence electrons. The van der Waals surface area contributed by atoms with E-state index >= 15 is 0 Å². The number of benzene rings is 5.